The third-order valence-electron chi connectivity index (χ3n) is 3.27. The summed E-state index contributed by atoms with van der Waals surface area (Å²) in [6, 6.07) is 5.64. The fraction of sp³-hybridized carbons (Fsp3) is 0. The molecule has 112 valence electrons. The van der Waals surface area contributed by atoms with Crippen LogP contribution in [0.4, 0.5) is 0 Å². The van der Waals surface area contributed by atoms with E-state index in [1.165, 1.54) is 24.3 Å². The lowest BCUT2D eigenvalue weighted by molar-refractivity contribution is 0.0694. The Kier molecular flexibility index (Phi) is 3.39. The zero-order valence-electron chi connectivity index (χ0n) is 10.9. The number of aromatic nitrogens is 1. The molecule has 0 aliphatic heterocycles. The van der Waals surface area contributed by atoms with Crippen LogP contribution in [0.15, 0.2) is 36.7 Å². The van der Waals surface area contributed by atoms with E-state index in [4.69, 9.17) is 28.3 Å². The molecule has 3 rings (SSSR count). The van der Waals surface area contributed by atoms with Gasteiger partial charge in [0.2, 0.25) is 0 Å². The van der Waals surface area contributed by atoms with Gasteiger partial charge in [-0.1, -0.05) is 23.2 Å². The number of phenols is 2. The standard InChI is InChI=1S/C15H9Cl2NO4/c16-9-3-11(17)14(20)12(4-9)18-5-7-1-10(15(21)22)13(19)2-8(7)6-18/h1-6,19-20H,(H,21,22). The molecule has 5 nitrogen and oxygen atoms in total. The van der Waals surface area contributed by atoms with Crippen molar-refractivity contribution in [1.82, 2.24) is 4.57 Å². The predicted molar refractivity (Wildman–Crippen MR) is 83.6 cm³/mol. The fourth-order valence-corrected chi connectivity index (χ4v) is 2.72. The largest absolute Gasteiger partial charge is 0.507 e. The third kappa shape index (κ3) is 2.34. The molecule has 2 aromatic carbocycles. The van der Waals surface area contributed by atoms with Gasteiger partial charge in [0.15, 0.2) is 5.75 Å². The first-order valence-corrected chi connectivity index (χ1v) is 6.89. The average molecular weight is 338 g/mol. The lowest BCUT2D eigenvalue weighted by Gasteiger charge is -2.07. The number of rotatable bonds is 2. The van der Waals surface area contributed by atoms with E-state index in [0.717, 1.165) is 0 Å². The van der Waals surface area contributed by atoms with Crippen molar-refractivity contribution in [3.05, 3.63) is 52.3 Å². The number of carbonyl (C=O) groups is 1. The molecule has 0 spiro atoms. The summed E-state index contributed by atoms with van der Waals surface area (Å²) in [5.74, 6) is -1.69. The zero-order valence-corrected chi connectivity index (χ0v) is 12.4. The Hall–Kier alpha value is -2.37. The van der Waals surface area contributed by atoms with E-state index in [-0.39, 0.29) is 22.1 Å². The molecule has 0 saturated carbocycles. The smallest absolute Gasteiger partial charge is 0.339 e. The minimum atomic E-state index is -1.22. The maximum absolute atomic E-state index is 11.0. The molecule has 0 bridgehead atoms. The summed E-state index contributed by atoms with van der Waals surface area (Å²) in [6.07, 6.45) is 3.24. The van der Waals surface area contributed by atoms with Crippen LogP contribution in [0, 0.1) is 0 Å². The number of carboxylic acids is 1. The quantitative estimate of drug-likeness (QED) is 0.658. The van der Waals surface area contributed by atoms with Crippen molar-refractivity contribution in [3.63, 3.8) is 0 Å². The van der Waals surface area contributed by atoms with Crippen molar-refractivity contribution in [2.24, 2.45) is 0 Å². The van der Waals surface area contributed by atoms with Crippen molar-refractivity contribution >= 4 is 39.9 Å². The van der Waals surface area contributed by atoms with E-state index in [1.54, 1.807) is 17.0 Å². The summed E-state index contributed by atoms with van der Waals surface area (Å²) in [7, 11) is 0. The van der Waals surface area contributed by atoms with Gasteiger partial charge >= 0.3 is 5.97 Å². The molecule has 3 aromatic rings. The van der Waals surface area contributed by atoms with Gasteiger partial charge < -0.3 is 19.9 Å². The molecule has 0 atom stereocenters. The minimum absolute atomic E-state index is 0.106. The molecular weight excluding hydrogens is 329 g/mol. The van der Waals surface area contributed by atoms with Crippen molar-refractivity contribution < 1.29 is 20.1 Å². The first-order chi connectivity index (χ1) is 10.4. The summed E-state index contributed by atoms with van der Waals surface area (Å²) in [5, 5.41) is 30.4. The number of fused-ring (bicyclic) bond motifs is 1. The van der Waals surface area contributed by atoms with E-state index in [1.807, 2.05) is 0 Å². The topological polar surface area (TPSA) is 82.7 Å². The highest BCUT2D eigenvalue weighted by atomic mass is 35.5. The lowest BCUT2D eigenvalue weighted by atomic mass is 10.1. The molecule has 7 heteroatoms. The Balaban J connectivity index is 2.23. The average Bonchev–Trinajstić information content (AvgIpc) is 2.84. The Bertz CT molecular complexity index is 918. The van der Waals surface area contributed by atoms with Gasteiger partial charge in [0.05, 0.1) is 10.7 Å². The summed E-state index contributed by atoms with van der Waals surface area (Å²) < 4.78 is 1.56. The van der Waals surface area contributed by atoms with E-state index in [2.05, 4.69) is 0 Å². The summed E-state index contributed by atoms with van der Waals surface area (Å²) in [4.78, 5) is 11.0. The van der Waals surface area contributed by atoms with Gasteiger partial charge in [0, 0.05) is 28.2 Å². The number of aromatic hydroxyl groups is 2. The number of phenolic OH excluding ortho intramolecular Hbond substituents is 1. The molecule has 3 N–H and O–H groups in total. The minimum Gasteiger partial charge on any atom is -0.507 e. The second-order valence-corrected chi connectivity index (χ2v) is 5.57. The highest BCUT2D eigenvalue weighted by Crippen LogP contribution is 2.35. The maximum atomic E-state index is 11.0. The molecular formula is C15H9Cl2NO4. The second kappa shape index (κ2) is 5.12. The lowest BCUT2D eigenvalue weighted by Crippen LogP contribution is -1.95. The van der Waals surface area contributed by atoms with Gasteiger partial charge in [-0.15, -0.1) is 0 Å². The first-order valence-electron chi connectivity index (χ1n) is 6.13. The van der Waals surface area contributed by atoms with Gasteiger partial charge in [0.25, 0.3) is 0 Å². The second-order valence-electron chi connectivity index (χ2n) is 4.72. The number of carboxylic acid groups (broad SMARTS) is 1. The van der Waals surface area contributed by atoms with Crippen molar-refractivity contribution in [3.8, 4) is 17.2 Å². The first kappa shape index (κ1) is 14.6. The predicted octanol–water partition coefficient (Wildman–Crippen LogP) is 4.05. The maximum Gasteiger partial charge on any atom is 0.339 e. The van der Waals surface area contributed by atoms with Crippen LogP contribution in [0.5, 0.6) is 11.5 Å². The van der Waals surface area contributed by atoms with Crippen LogP contribution < -0.4 is 0 Å². The normalized spacial score (nSPS) is 11.0. The zero-order chi connectivity index (χ0) is 16.0. The van der Waals surface area contributed by atoms with Crippen molar-refractivity contribution in [2.45, 2.75) is 0 Å². The van der Waals surface area contributed by atoms with Crippen LogP contribution in [0.2, 0.25) is 10.0 Å². The Labute approximate surface area is 134 Å². The van der Waals surface area contributed by atoms with E-state index in [0.29, 0.717) is 21.5 Å². The number of nitrogens with zero attached hydrogens (tertiary/aromatic N) is 1. The molecule has 0 aliphatic carbocycles. The van der Waals surface area contributed by atoms with Crippen molar-refractivity contribution in [2.75, 3.05) is 0 Å². The van der Waals surface area contributed by atoms with Crippen LogP contribution in [0.1, 0.15) is 10.4 Å². The number of hydrogen-bond acceptors (Lipinski definition) is 3. The highest BCUT2D eigenvalue weighted by Gasteiger charge is 2.14. The number of halogens is 2. The van der Waals surface area contributed by atoms with Crippen LogP contribution in [0.25, 0.3) is 16.5 Å². The molecule has 0 saturated heterocycles. The van der Waals surface area contributed by atoms with Crippen LogP contribution in [-0.4, -0.2) is 25.9 Å². The van der Waals surface area contributed by atoms with Crippen LogP contribution in [0.3, 0.4) is 0 Å². The molecule has 0 unspecified atom stereocenters. The van der Waals surface area contributed by atoms with E-state index < -0.39 is 5.97 Å². The monoisotopic (exact) mass is 337 g/mol. The van der Waals surface area contributed by atoms with Crippen LogP contribution >= 0.6 is 23.2 Å². The van der Waals surface area contributed by atoms with Gasteiger partial charge in [-0.3, -0.25) is 0 Å². The highest BCUT2D eigenvalue weighted by molar-refractivity contribution is 6.36. The molecule has 0 aliphatic rings. The van der Waals surface area contributed by atoms with Gasteiger partial charge in [-0.2, -0.15) is 0 Å². The Morgan fingerprint density at radius 2 is 1.64 bits per heavy atom. The molecule has 22 heavy (non-hydrogen) atoms. The summed E-state index contributed by atoms with van der Waals surface area (Å²) in [5.41, 5.74) is 0.156. The van der Waals surface area contributed by atoms with Crippen molar-refractivity contribution in [1.29, 1.82) is 0 Å². The Morgan fingerprint density at radius 3 is 2.27 bits per heavy atom. The van der Waals surface area contributed by atoms with Gasteiger partial charge in [-0.05, 0) is 24.3 Å². The van der Waals surface area contributed by atoms with E-state index in [9.17, 15) is 15.0 Å². The number of benzene rings is 2. The third-order valence-corrected chi connectivity index (χ3v) is 3.78. The molecule has 1 aromatic heterocycles. The molecule has 1 heterocycles. The Morgan fingerprint density at radius 1 is 1.00 bits per heavy atom. The van der Waals surface area contributed by atoms with E-state index >= 15 is 0 Å². The SMILES string of the molecule is O=C(O)c1cc2cn(-c3cc(Cl)cc(Cl)c3O)cc2cc1O. The van der Waals surface area contributed by atoms with Gasteiger partial charge in [0.1, 0.15) is 11.3 Å². The molecule has 0 amide bonds. The number of aromatic carboxylic acids is 1. The molecule has 0 fully saturated rings. The van der Waals surface area contributed by atoms with Gasteiger partial charge in [-0.25, -0.2) is 4.79 Å². The fourth-order valence-electron chi connectivity index (χ4n) is 2.24. The number of hydrogen-bond donors (Lipinski definition) is 3. The summed E-state index contributed by atoms with van der Waals surface area (Å²) >= 11 is 11.8. The molecule has 0 radical (unpaired) electrons. The van der Waals surface area contributed by atoms with Crippen LogP contribution in [-0.2, 0) is 0 Å². The summed E-state index contributed by atoms with van der Waals surface area (Å²) in [6.45, 7) is 0.